The fourth-order valence-corrected chi connectivity index (χ4v) is 9.56. The van der Waals surface area contributed by atoms with E-state index in [-0.39, 0.29) is 0 Å². The SMILES string of the molecule is c1ccc(-c2ccc3c(c2)c2cc(-c4ccccc4)ccc2n3-c2cc(-c3cc4ccccc4c4ccccc34)cc(-c3cc4ccccc4c4ccccc34)c2)cc1. The van der Waals surface area contributed by atoms with Crippen LogP contribution in [-0.4, -0.2) is 4.57 Å². The zero-order chi connectivity index (χ0) is 38.9. The van der Waals surface area contributed by atoms with Gasteiger partial charge >= 0.3 is 0 Å². The molecule has 0 radical (unpaired) electrons. The summed E-state index contributed by atoms with van der Waals surface area (Å²) in [6.07, 6.45) is 0. The molecule has 11 aromatic carbocycles. The maximum Gasteiger partial charge on any atom is 0.0541 e. The van der Waals surface area contributed by atoms with Gasteiger partial charge in [0, 0.05) is 16.5 Å². The fourth-order valence-electron chi connectivity index (χ4n) is 9.56. The van der Waals surface area contributed by atoms with Crippen molar-refractivity contribution in [2.75, 3.05) is 0 Å². The second kappa shape index (κ2) is 13.4. The first-order chi connectivity index (χ1) is 29.2. The van der Waals surface area contributed by atoms with Gasteiger partial charge in [-0.15, -0.1) is 0 Å². The number of hydrogen-bond donors (Lipinski definition) is 0. The third-order valence-electron chi connectivity index (χ3n) is 12.3. The molecule has 0 aliphatic rings. The summed E-state index contributed by atoms with van der Waals surface area (Å²) in [7, 11) is 0. The number of benzene rings is 11. The van der Waals surface area contributed by atoms with E-state index in [0.29, 0.717) is 0 Å². The third kappa shape index (κ3) is 5.47. The molecule has 274 valence electrons. The van der Waals surface area contributed by atoms with E-state index < -0.39 is 0 Å². The lowest BCUT2D eigenvalue weighted by Gasteiger charge is -2.18. The molecule has 59 heavy (non-hydrogen) atoms. The Morgan fingerprint density at radius 2 is 0.610 bits per heavy atom. The molecular formula is C58H37N. The van der Waals surface area contributed by atoms with E-state index in [1.165, 1.54) is 109 Å². The van der Waals surface area contributed by atoms with Gasteiger partial charge in [0.2, 0.25) is 0 Å². The van der Waals surface area contributed by atoms with Gasteiger partial charge in [0.05, 0.1) is 11.0 Å². The van der Waals surface area contributed by atoms with E-state index in [0.717, 1.165) is 5.69 Å². The second-order valence-corrected chi connectivity index (χ2v) is 15.7. The van der Waals surface area contributed by atoms with Crippen molar-refractivity contribution >= 4 is 64.9 Å². The lowest BCUT2D eigenvalue weighted by molar-refractivity contribution is 1.18. The molecule has 0 spiro atoms. The summed E-state index contributed by atoms with van der Waals surface area (Å²) in [6.45, 7) is 0. The predicted molar refractivity (Wildman–Crippen MR) is 253 cm³/mol. The van der Waals surface area contributed by atoms with Gasteiger partial charge in [-0.25, -0.2) is 0 Å². The van der Waals surface area contributed by atoms with Crippen LogP contribution in [0.15, 0.2) is 224 Å². The molecular weight excluding hydrogens is 711 g/mol. The van der Waals surface area contributed by atoms with Crippen molar-refractivity contribution in [3.63, 3.8) is 0 Å². The Morgan fingerprint density at radius 1 is 0.220 bits per heavy atom. The van der Waals surface area contributed by atoms with Gasteiger partial charge in [0.1, 0.15) is 0 Å². The first-order valence-corrected chi connectivity index (χ1v) is 20.4. The second-order valence-electron chi connectivity index (χ2n) is 15.7. The Bertz CT molecular complexity index is 3360. The van der Waals surface area contributed by atoms with Crippen molar-refractivity contribution in [1.82, 2.24) is 4.57 Å². The van der Waals surface area contributed by atoms with Crippen LogP contribution >= 0.6 is 0 Å². The molecule has 1 nitrogen and oxygen atoms in total. The standard InChI is InChI=1S/C58H37N/c1-3-15-38(16-4-1)40-27-29-57-55(34-40)56-35-41(39-17-5-2-6-18-39)28-30-58(56)59(57)46-32-44(53-36-42-19-7-9-21-47(42)49-23-11-13-25-51(49)53)31-45(33-46)54-37-43-20-8-10-22-48(43)50-24-12-14-26-52(50)54/h1-37H. The van der Waals surface area contributed by atoms with E-state index in [9.17, 15) is 0 Å². The van der Waals surface area contributed by atoms with Crippen LogP contribution in [0.25, 0.3) is 115 Å². The van der Waals surface area contributed by atoms with Crippen LogP contribution in [0.1, 0.15) is 0 Å². The molecule has 12 aromatic rings. The Labute approximate surface area is 342 Å². The fraction of sp³-hybridized carbons (Fsp3) is 0. The summed E-state index contributed by atoms with van der Waals surface area (Å²) in [5.74, 6) is 0. The Balaban J connectivity index is 1.19. The van der Waals surface area contributed by atoms with E-state index >= 15 is 0 Å². The molecule has 0 bridgehead atoms. The smallest absolute Gasteiger partial charge is 0.0541 e. The highest BCUT2D eigenvalue weighted by molar-refractivity contribution is 6.17. The Kier molecular flexibility index (Phi) is 7.61. The van der Waals surface area contributed by atoms with Crippen molar-refractivity contribution in [2.45, 2.75) is 0 Å². The van der Waals surface area contributed by atoms with E-state index in [1.54, 1.807) is 0 Å². The number of nitrogens with zero attached hydrogens (tertiary/aromatic N) is 1. The van der Waals surface area contributed by atoms with Gasteiger partial charge < -0.3 is 4.57 Å². The summed E-state index contributed by atoms with van der Waals surface area (Å²) in [4.78, 5) is 0. The van der Waals surface area contributed by atoms with Crippen LogP contribution in [0.5, 0.6) is 0 Å². The third-order valence-corrected chi connectivity index (χ3v) is 12.3. The molecule has 0 unspecified atom stereocenters. The van der Waals surface area contributed by atoms with Gasteiger partial charge in [0.15, 0.2) is 0 Å². The highest BCUT2D eigenvalue weighted by Crippen LogP contribution is 2.43. The van der Waals surface area contributed by atoms with Crippen molar-refractivity contribution < 1.29 is 0 Å². The molecule has 1 heterocycles. The molecule has 0 fully saturated rings. The predicted octanol–water partition coefficient (Wildman–Crippen LogP) is 16.1. The highest BCUT2D eigenvalue weighted by atomic mass is 15.0. The zero-order valence-electron chi connectivity index (χ0n) is 32.3. The largest absolute Gasteiger partial charge is 0.309 e. The average Bonchev–Trinajstić information content (AvgIpc) is 3.64. The number of fused-ring (bicyclic) bond motifs is 9. The molecule has 12 rings (SSSR count). The van der Waals surface area contributed by atoms with Crippen molar-refractivity contribution in [3.8, 4) is 50.2 Å². The van der Waals surface area contributed by atoms with Gasteiger partial charge in [-0.1, -0.05) is 170 Å². The lowest BCUT2D eigenvalue weighted by Crippen LogP contribution is -1.97. The number of hydrogen-bond acceptors (Lipinski definition) is 0. The zero-order valence-corrected chi connectivity index (χ0v) is 32.3. The van der Waals surface area contributed by atoms with Gasteiger partial charge in [0.25, 0.3) is 0 Å². The normalized spacial score (nSPS) is 11.7. The monoisotopic (exact) mass is 747 g/mol. The molecule has 0 aliphatic heterocycles. The van der Waals surface area contributed by atoms with Crippen molar-refractivity contribution in [3.05, 3.63) is 224 Å². The van der Waals surface area contributed by atoms with Crippen LogP contribution < -0.4 is 0 Å². The van der Waals surface area contributed by atoms with E-state index in [2.05, 4.69) is 229 Å². The molecule has 0 amide bonds. The van der Waals surface area contributed by atoms with Gasteiger partial charge in [-0.05, 0) is 142 Å². The van der Waals surface area contributed by atoms with Crippen molar-refractivity contribution in [1.29, 1.82) is 0 Å². The highest BCUT2D eigenvalue weighted by Gasteiger charge is 2.19. The van der Waals surface area contributed by atoms with E-state index in [1.807, 2.05) is 0 Å². The number of rotatable bonds is 5. The minimum absolute atomic E-state index is 1.13. The molecule has 0 aliphatic carbocycles. The molecule has 0 N–H and O–H groups in total. The molecule has 0 saturated carbocycles. The Hall–Kier alpha value is -7.74. The van der Waals surface area contributed by atoms with Gasteiger partial charge in [-0.2, -0.15) is 0 Å². The first-order valence-electron chi connectivity index (χ1n) is 20.4. The summed E-state index contributed by atoms with van der Waals surface area (Å²) < 4.78 is 2.49. The van der Waals surface area contributed by atoms with Crippen LogP contribution in [0.4, 0.5) is 0 Å². The van der Waals surface area contributed by atoms with Crippen LogP contribution in [-0.2, 0) is 0 Å². The molecule has 0 atom stereocenters. The van der Waals surface area contributed by atoms with Crippen LogP contribution in [0, 0.1) is 0 Å². The van der Waals surface area contributed by atoms with Crippen LogP contribution in [0.2, 0.25) is 0 Å². The minimum Gasteiger partial charge on any atom is -0.309 e. The summed E-state index contributed by atoms with van der Waals surface area (Å²) in [6, 6.07) is 82.8. The quantitative estimate of drug-likeness (QED) is 0.155. The minimum atomic E-state index is 1.13. The molecule has 0 saturated heterocycles. The van der Waals surface area contributed by atoms with E-state index in [4.69, 9.17) is 0 Å². The number of aromatic nitrogens is 1. The summed E-state index contributed by atoms with van der Waals surface area (Å²) >= 11 is 0. The molecule has 1 heteroatoms. The first kappa shape index (κ1) is 33.4. The molecule has 1 aromatic heterocycles. The maximum atomic E-state index is 2.49. The summed E-state index contributed by atoms with van der Waals surface area (Å²) in [5.41, 5.74) is 13.2. The van der Waals surface area contributed by atoms with Crippen LogP contribution in [0.3, 0.4) is 0 Å². The maximum absolute atomic E-state index is 2.49. The van der Waals surface area contributed by atoms with Gasteiger partial charge in [-0.3, -0.25) is 0 Å². The topological polar surface area (TPSA) is 4.93 Å². The summed E-state index contributed by atoms with van der Waals surface area (Å²) in [5, 5.41) is 12.5. The lowest BCUT2D eigenvalue weighted by atomic mass is 9.89. The average molecular weight is 748 g/mol. The van der Waals surface area contributed by atoms with Crippen molar-refractivity contribution in [2.24, 2.45) is 0 Å². The Morgan fingerprint density at radius 3 is 1.07 bits per heavy atom.